The van der Waals surface area contributed by atoms with Gasteiger partial charge in [-0.25, -0.2) is 0 Å². The van der Waals surface area contributed by atoms with E-state index in [1.54, 1.807) is 36.4 Å². The van der Waals surface area contributed by atoms with Gasteiger partial charge in [0.1, 0.15) is 16.4 Å². The summed E-state index contributed by atoms with van der Waals surface area (Å²) < 4.78 is 38.5. The van der Waals surface area contributed by atoms with Crippen molar-refractivity contribution in [3.63, 3.8) is 0 Å². The molecule has 1 aliphatic heterocycles. The number of amidine groups is 1. The summed E-state index contributed by atoms with van der Waals surface area (Å²) in [5.41, 5.74) is 0.892. The fraction of sp³-hybridized carbons (Fsp3) is 0.176. The van der Waals surface area contributed by atoms with Crippen LogP contribution in [0, 0.1) is 0 Å². The molecule has 0 aliphatic carbocycles. The Bertz CT molecular complexity index is 1010. The average molecular weight is 407 g/mol. The van der Waals surface area contributed by atoms with Crippen molar-refractivity contribution in [2.24, 2.45) is 4.40 Å². The number of hydrogen-bond donors (Lipinski definition) is 2. The Balaban J connectivity index is 1.68. The van der Waals surface area contributed by atoms with E-state index in [0.717, 1.165) is 11.8 Å². The number of thioether (sulfide) groups is 1. The molecule has 0 spiro atoms. The quantitative estimate of drug-likeness (QED) is 0.784. The van der Waals surface area contributed by atoms with Gasteiger partial charge >= 0.3 is 0 Å². The van der Waals surface area contributed by atoms with Gasteiger partial charge in [-0.2, -0.15) is 8.42 Å². The maximum atomic E-state index is 12.3. The predicted octanol–water partition coefficient (Wildman–Crippen LogP) is 2.55. The van der Waals surface area contributed by atoms with Crippen molar-refractivity contribution in [1.82, 2.24) is 0 Å². The number of ether oxygens (including phenoxy) is 2. The zero-order chi connectivity index (χ0) is 19.4. The Morgan fingerprint density at radius 2 is 1.96 bits per heavy atom. The second-order valence-electron chi connectivity index (χ2n) is 5.40. The molecule has 0 saturated heterocycles. The number of nitrogens with one attached hydrogen (secondary N) is 2. The van der Waals surface area contributed by atoms with Gasteiger partial charge in [0.2, 0.25) is 5.91 Å². The second kappa shape index (κ2) is 7.89. The monoisotopic (exact) mass is 407 g/mol. The van der Waals surface area contributed by atoms with Crippen LogP contribution in [0.3, 0.4) is 0 Å². The lowest BCUT2D eigenvalue weighted by Crippen LogP contribution is -2.22. The number of methoxy groups -OCH3 is 2. The zero-order valence-corrected chi connectivity index (χ0v) is 16.2. The summed E-state index contributed by atoms with van der Waals surface area (Å²) >= 11 is 0.990. The molecule has 2 aromatic carbocycles. The van der Waals surface area contributed by atoms with Crippen molar-refractivity contribution in [3.05, 3.63) is 42.5 Å². The van der Waals surface area contributed by atoms with Gasteiger partial charge in [-0.05, 0) is 24.3 Å². The van der Waals surface area contributed by atoms with E-state index in [0.29, 0.717) is 22.9 Å². The van der Waals surface area contributed by atoms with Crippen LogP contribution in [0.1, 0.15) is 0 Å². The molecule has 1 heterocycles. The number of rotatable bonds is 5. The molecule has 0 aromatic heterocycles. The maximum absolute atomic E-state index is 12.3. The third-order valence-electron chi connectivity index (χ3n) is 3.63. The summed E-state index contributed by atoms with van der Waals surface area (Å²) in [5, 5.41) is 5.78. The summed E-state index contributed by atoms with van der Waals surface area (Å²) in [6, 6.07) is 11.5. The highest BCUT2D eigenvalue weighted by atomic mass is 32.2. The van der Waals surface area contributed by atoms with E-state index in [2.05, 4.69) is 15.0 Å². The number of sulfonamides is 1. The molecule has 2 N–H and O–H groups in total. The van der Waals surface area contributed by atoms with Crippen molar-refractivity contribution < 1.29 is 22.7 Å². The number of para-hydroxylation sites is 1. The van der Waals surface area contributed by atoms with E-state index >= 15 is 0 Å². The van der Waals surface area contributed by atoms with Crippen molar-refractivity contribution >= 4 is 44.2 Å². The number of nitrogens with zero attached hydrogens (tertiary/aromatic N) is 1. The third-order valence-corrected chi connectivity index (χ3v) is 5.95. The number of fused-ring (bicyclic) bond motifs is 1. The van der Waals surface area contributed by atoms with Crippen LogP contribution in [-0.2, 0) is 14.8 Å². The van der Waals surface area contributed by atoms with Gasteiger partial charge in [0.05, 0.1) is 31.3 Å². The molecule has 1 amide bonds. The standard InChI is InChI=1S/C17H17N3O5S2/c1-24-11-7-8-14(25-2)13(9-11)18-16(21)10-26-17-19-12-5-3-4-6-15(12)27(22,23)20-17/h3-9H,10H2,1-2H3,(H,18,21)(H,19,20). The van der Waals surface area contributed by atoms with Crippen LogP contribution in [0.4, 0.5) is 11.4 Å². The van der Waals surface area contributed by atoms with Gasteiger partial charge in [0, 0.05) is 6.07 Å². The molecule has 10 heteroatoms. The number of hydrogen-bond acceptors (Lipinski definition) is 7. The molecular weight excluding hydrogens is 390 g/mol. The minimum atomic E-state index is -3.78. The Kier molecular flexibility index (Phi) is 5.57. The van der Waals surface area contributed by atoms with Crippen molar-refractivity contribution in [1.29, 1.82) is 0 Å². The molecule has 3 rings (SSSR count). The number of carbonyl (C=O) groups excluding carboxylic acids is 1. The molecular formula is C17H17N3O5S2. The normalized spacial score (nSPS) is 14.4. The zero-order valence-electron chi connectivity index (χ0n) is 14.6. The maximum Gasteiger partial charge on any atom is 0.286 e. The van der Waals surface area contributed by atoms with E-state index in [1.165, 1.54) is 20.3 Å². The Hall–Kier alpha value is -2.72. The molecule has 142 valence electrons. The van der Waals surface area contributed by atoms with Crippen LogP contribution in [0.25, 0.3) is 0 Å². The first-order valence-electron chi connectivity index (χ1n) is 7.78. The van der Waals surface area contributed by atoms with Gasteiger partial charge in [-0.15, -0.1) is 4.40 Å². The summed E-state index contributed by atoms with van der Waals surface area (Å²) in [4.78, 5) is 12.4. The van der Waals surface area contributed by atoms with Crippen LogP contribution < -0.4 is 20.1 Å². The summed E-state index contributed by atoms with van der Waals surface area (Å²) in [7, 11) is -0.764. The average Bonchev–Trinajstić information content (AvgIpc) is 2.66. The highest BCUT2D eigenvalue weighted by Gasteiger charge is 2.25. The summed E-state index contributed by atoms with van der Waals surface area (Å²) in [5.74, 6) is 0.676. The largest absolute Gasteiger partial charge is 0.497 e. The minimum Gasteiger partial charge on any atom is -0.497 e. The van der Waals surface area contributed by atoms with E-state index in [9.17, 15) is 13.2 Å². The van der Waals surface area contributed by atoms with Crippen LogP contribution in [-0.4, -0.2) is 39.5 Å². The summed E-state index contributed by atoms with van der Waals surface area (Å²) in [6.07, 6.45) is 0. The smallest absolute Gasteiger partial charge is 0.286 e. The first-order chi connectivity index (χ1) is 12.9. The van der Waals surface area contributed by atoms with Gasteiger partial charge < -0.3 is 20.1 Å². The number of amides is 1. The summed E-state index contributed by atoms with van der Waals surface area (Å²) in [6.45, 7) is 0. The molecule has 0 radical (unpaired) electrons. The van der Waals surface area contributed by atoms with Gasteiger partial charge in [0.25, 0.3) is 10.0 Å². The lowest BCUT2D eigenvalue weighted by atomic mass is 10.2. The van der Waals surface area contributed by atoms with Gasteiger partial charge in [-0.3, -0.25) is 4.79 Å². The molecule has 0 saturated carbocycles. The fourth-order valence-electron chi connectivity index (χ4n) is 2.39. The van der Waals surface area contributed by atoms with E-state index in [4.69, 9.17) is 9.47 Å². The van der Waals surface area contributed by atoms with Crippen LogP contribution >= 0.6 is 11.8 Å². The first kappa shape index (κ1) is 19.1. The molecule has 0 fully saturated rings. The van der Waals surface area contributed by atoms with Gasteiger partial charge in [0.15, 0.2) is 5.17 Å². The van der Waals surface area contributed by atoms with Crippen LogP contribution in [0.2, 0.25) is 0 Å². The van der Waals surface area contributed by atoms with Crippen molar-refractivity contribution in [2.75, 3.05) is 30.6 Å². The highest BCUT2D eigenvalue weighted by Crippen LogP contribution is 2.30. The number of carbonyl (C=O) groups is 1. The van der Waals surface area contributed by atoms with E-state index in [-0.39, 0.29) is 21.7 Å². The molecule has 0 atom stereocenters. The molecule has 1 aliphatic rings. The Morgan fingerprint density at radius 3 is 2.70 bits per heavy atom. The predicted molar refractivity (Wildman–Crippen MR) is 105 cm³/mol. The lowest BCUT2D eigenvalue weighted by molar-refractivity contribution is -0.113. The fourth-order valence-corrected chi connectivity index (χ4v) is 4.42. The molecule has 0 unspecified atom stereocenters. The van der Waals surface area contributed by atoms with E-state index < -0.39 is 10.0 Å². The minimum absolute atomic E-state index is 0.0378. The lowest BCUT2D eigenvalue weighted by Gasteiger charge is -2.17. The van der Waals surface area contributed by atoms with Crippen molar-refractivity contribution in [2.45, 2.75) is 4.90 Å². The Morgan fingerprint density at radius 1 is 1.19 bits per heavy atom. The highest BCUT2D eigenvalue weighted by molar-refractivity contribution is 8.15. The van der Waals surface area contributed by atoms with Gasteiger partial charge in [-0.1, -0.05) is 23.9 Å². The topological polar surface area (TPSA) is 106 Å². The van der Waals surface area contributed by atoms with Crippen LogP contribution in [0.5, 0.6) is 11.5 Å². The number of benzene rings is 2. The molecule has 0 bridgehead atoms. The Labute approximate surface area is 161 Å². The third kappa shape index (κ3) is 4.34. The second-order valence-corrected chi connectivity index (χ2v) is 7.93. The molecule has 8 nitrogen and oxygen atoms in total. The molecule has 2 aromatic rings. The number of anilines is 2. The SMILES string of the molecule is COc1ccc(OC)c(NC(=O)CSC2=NS(=O)(=O)c3ccccc3N2)c1. The van der Waals surface area contributed by atoms with Crippen molar-refractivity contribution in [3.8, 4) is 11.5 Å². The first-order valence-corrected chi connectivity index (χ1v) is 10.2. The molecule has 27 heavy (non-hydrogen) atoms. The van der Waals surface area contributed by atoms with E-state index in [1.807, 2.05) is 0 Å². The van der Waals surface area contributed by atoms with Crippen LogP contribution in [0.15, 0.2) is 51.8 Å².